The molecule has 28 heavy (non-hydrogen) atoms. The summed E-state index contributed by atoms with van der Waals surface area (Å²) in [6.45, 7) is 4.79. The third-order valence-electron chi connectivity index (χ3n) is 4.40. The highest BCUT2D eigenvalue weighted by atomic mass is 32.2. The summed E-state index contributed by atoms with van der Waals surface area (Å²) in [5.41, 5.74) is 2.81. The van der Waals surface area contributed by atoms with Crippen molar-refractivity contribution in [1.29, 1.82) is 0 Å². The number of hydrogen-bond donors (Lipinski definition) is 1. The number of fused-ring (bicyclic) bond motifs is 1. The van der Waals surface area contributed by atoms with Crippen LogP contribution in [-0.2, 0) is 0 Å². The molecule has 0 saturated heterocycles. The minimum Gasteiger partial charge on any atom is -0.493 e. The van der Waals surface area contributed by atoms with Gasteiger partial charge in [-0.3, -0.25) is 9.89 Å². The molecule has 6 nitrogen and oxygen atoms in total. The van der Waals surface area contributed by atoms with Gasteiger partial charge in [-0.2, -0.15) is 0 Å². The molecule has 1 N–H and O–H groups in total. The van der Waals surface area contributed by atoms with E-state index in [9.17, 15) is 4.79 Å². The first-order valence-corrected chi connectivity index (χ1v) is 10.8. The maximum absolute atomic E-state index is 11.8. The van der Waals surface area contributed by atoms with E-state index in [1.165, 1.54) is 17.2 Å². The van der Waals surface area contributed by atoms with E-state index in [1.54, 1.807) is 27.6 Å². The zero-order valence-electron chi connectivity index (χ0n) is 15.6. The van der Waals surface area contributed by atoms with Crippen molar-refractivity contribution in [2.75, 3.05) is 12.4 Å². The normalized spacial score (nSPS) is 11.2. The van der Waals surface area contributed by atoms with E-state index in [0.717, 1.165) is 28.0 Å². The summed E-state index contributed by atoms with van der Waals surface area (Å²) in [4.78, 5) is 21.9. The lowest BCUT2D eigenvalue weighted by Gasteiger charge is -2.11. The van der Waals surface area contributed by atoms with Crippen LogP contribution < -0.4 is 10.3 Å². The van der Waals surface area contributed by atoms with Crippen LogP contribution in [0.4, 0.5) is 0 Å². The molecule has 144 valence electrons. The molecule has 0 unspecified atom stereocenters. The first kappa shape index (κ1) is 18.8. The maximum atomic E-state index is 11.8. The van der Waals surface area contributed by atoms with Gasteiger partial charge in [0.05, 0.1) is 11.5 Å². The van der Waals surface area contributed by atoms with Crippen molar-refractivity contribution in [3.05, 3.63) is 63.3 Å². The Bertz CT molecular complexity index is 1150. The lowest BCUT2D eigenvalue weighted by atomic mass is 10.1. The second-order valence-corrected chi connectivity index (χ2v) is 8.38. The Hall–Kier alpha value is -2.58. The highest BCUT2D eigenvalue weighted by Gasteiger charge is 2.12. The second kappa shape index (κ2) is 8.20. The monoisotopic (exact) mass is 412 g/mol. The number of benzene rings is 1. The highest BCUT2D eigenvalue weighted by Crippen LogP contribution is 2.25. The maximum Gasteiger partial charge on any atom is 0.266 e. The smallest absolute Gasteiger partial charge is 0.266 e. The fraction of sp³-hybridized carbons (Fsp3) is 0.250. The molecule has 0 aliphatic heterocycles. The molecular weight excluding hydrogens is 392 g/mol. The molecule has 0 radical (unpaired) electrons. The van der Waals surface area contributed by atoms with E-state index in [4.69, 9.17) is 4.74 Å². The molecule has 0 fully saturated rings. The summed E-state index contributed by atoms with van der Waals surface area (Å²) in [7, 11) is 0. The minimum absolute atomic E-state index is 0.183. The average molecular weight is 413 g/mol. The van der Waals surface area contributed by atoms with Crippen molar-refractivity contribution in [3.63, 3.8) is 0 Å². The van der Waals surface area contributed by atoms with Crippen LogP contribution in [0, 0.1) is 13.8 Å². The van der Waals surface area contributed by atoms with Crippen LogP contribution in [0.3, 0.4) is 0 Å². The van der Waals surface area contributed by atoms with Crippen LogP contribution in [-0.4, -0.2) is 31.9 Å². The molecule has 1 aromatic carbocycles. The number of nitrogens with zero attached hydrogens (tertiary/aromatic N) is 3. The van der Waals surface area contributed by atoms with Crippen molar-refractivity contribution >= 4 is 28.7 Å². The van der Waals surface area contributed by atoms with Gasteiger partial charge in [0.1, 0.15) is 5.75 Å². The number of aromatic nitrogens is 4. The van der Waals surface area contributed by atoms with Gasteiger partial charge < -0.3 is 4.74 Å². The summed E-state index contributed by atoms with van der Waals surface area (Å²) in [5.74, 6) is 2.40. The van der Waals surface area contributed by atoms with Crippen molar-refractivity contribution in [2.45, 2.75) is 25.4 Å². The van der Waals surface area contributed by atoms with Gasteiger partial charge in [0.25, 0.3) is 5.56 Å². The van der Waals surface area contributed by atoms with Crippen LogP contribution in [0.25, 0.3) is 16.3 Å². The molecular formula is C20H20N4O2S2. The molecule has 4 rings (SSSR count). The zero-order valence-corrected chi connectivity index (χ0v) is 17.3. The van der Waals surface area contributed by atoms with Crippen molar-refractivity contribution < 1.29 is 4.74 Å². The average Bonchev–Trinajstić information content (AvgIpc) is 3.33. The van der Waals surface area contributed by atoms with Gasteiger partial charge in [-0.1, -0.05) is 30.0 Å². The quantitative estimate of drug-likeness (QED) is 0.361. The molecule has 0 aliphatic rings. The number of aromatic amines is 1. The number of aryl methyl sites for hydroxylation is 1. The van der Waals surface area contributed by atoms with Crippen LogP contribution >= 0.6 is 23.1 Å². The van der Waals surface area contributed by atoms with Gasteiger partial charge in [0, 0.05) is 11.8 Å². The number of H-pyrrole nitrogens is 1. The number of thioether (sulfide) groups is 1. The SMILES string of the molecule is Cc1cccc(OCCCSc2nc(-c3cccs3)nc3cc(=O)[nH]n23)c1C. The summed E-state index contributed by atoms with van der Waals surface area (Å²) in [6.07, 6.45) is 0.864. The van der Waals surface area contributed by atoms with Gasteiger partial charge in [-0.15, -0.1) is 11.3 Å². The molecule has 3 heterocycles. The lowest BCUT2D eigenvalue weighted by Crippen LogP contribution is -2.05. The number of ether oxygens (including phenoxy) is 1. The molecule has 0 amide bonds. The number of thiophene rings is 1. The van der Waals surface area contributed by atoms with E-state index in [2.05, 4.69) is 35.0 Å². The molecule has 8 heteroatoms. The zero-order chi connectivity index (χ0) is 19.5. The van der Waals surface area contributed by atoms with Crippen LogP contribution in [0.5, 0.6) is 5.75 Å². The Labute approximate surface area is 170 Å². The number of nitrogens with one attached hydrogen (secondary N) is 1. The van der Waals surface area contributed by atoms with Gasteiger partial charge in [0.2, 0.25) is 0 Å². The Kier molecular flexibility index (Phi) is 5.50. The van der Waals surface area contributed by atoms with Crippen molar-refractivity contribution in [2.24, 2.45) is 0 Å². The molecule has 0 saturated carbocycles. The van der Waals surface area contributed by atoms with Gasteiger partial charge in [-0.05, 0) is 48.9 Å². The summed E-state index contributed by atoms with van der Waals surface area (Å²) in [6, 6.07) is 11.5. The van der Waals surface area contributed by atoms with E-state index in [-0.39, 0.29) is 5.56 Å². The van der Waals surface area contributed by atoms with Gasteiger partial charge >= 0.3 is 0 Å². The molecule has 0 spiro atoms. The lowest BCUT2D eigenvalue weighted by molar-refractivity contribution is 0.316. The van der Waals surface area contributed by atoms with Crippen LogP contribution in [0.1, 0.15) is 17.5 Å². The van der Waals surface area contributed by atoms with E-state index < -0.39 is 0 Å². The molecule has 0 bridgehead atoms. The second-order valence-electron chi connectivity index (χ2n) is 6.37. The van der Waals surface area contributed by atoms with E-state index >= 15 is 0 Å². The van der Waals surface area contributed by atoms with Crippen LogP contribution in [0.15, 0.2) is 51.7 Å². The fourth-order valence-electron chi connectivity index (χ4n) is 2.78. The summed E-state index contributed by atoms with van der Waals surface area (Å²) >= 11 is 3.16. The highest BCUT2D eigenvalue weighted by molar-refractivity contribution is 7.99. The standard InChI is InChI=1S/C20H20N4O2S2/c1-13-6-3-7-15(14(13)2)26-9-5-11-28-20-22-19(16-8-4-10-27-16)21-17-12-18(25)23-24(17)20/h3-4,6-8,10,12H,5,9,11H2,1-2H3,(H,23,25). The van der Waals surface area contributed by atoms with E-state index in [1.807, 2.05) is 29.6 Å². The first-order valence-electron chi connectivity index (χ1n) is 8.97. The topological polar surface area (TPSA) is 72.3 Å². The Balaban J connectivity index is 1.44. The number of rotatable bonds is 7. The molecule has 0 aliphatic carbocycles. The van der Waals surface area contributed by atoms with Gasteiger partial charge in [-0.25, -0.2) is 14.5 Å². The predicted molar refractivity (Wildman–Crippen MR) is 114 cm³/mol. The summed E-state index contributed by atoms with van der Waals surface area (Å²) < 4.78 is 7.57. The van der Waals surface area contributed by atoms with Crippen LogP contribution in [0.2, 0.25) is 0 Å². The molecule has 3 aromatic heterocycles. The molecule has 0 atom stereocenters. The fourth-order valence-corrected chi connectivity index (χ4v) is 4.30. The summed E-state index contributed by atoms with van der Waals surface area (Å²) in [5, 5.41) is 5.48. The van der Waals surface area contributed by atoms with E-state index in [0.29, 0.717) is 18.1 Å². The first-order chi connectivity index (χ1) is 13.6. The van der Waals surface area contributed by atoms with Crippen molar-refractivity contribution in [1.82, 2.24) is 19.6 Å². The third kappa shape index (κ3) is 3.98. The number of hydrogen-bond acceptors (Lipinski definition) is 6. The minimum atomic E-state index is -0.183. The van der Waals surface area contributed by atoms with Gasteiger partial charge in [0.15, 0.2) is 16.6 Å². The Morgan fingerprint density at radius 3 is 2.93 bits per heavy atom. The van der Waals surface area contributed by atoms with Crippen molar-refractivity contribution in [3.8, 4) is 16.5 Å². The predicted octanol–water partition coefficient (Wildman–Crippen LogP) is 4.32. The Morgan fingerprint density at radius 1 is 1.21 bits per heavy atom. The molecule has 4 aromatic rings. The Morgan fingerprint density at radius 2 is 2.11 bits per heavy atom. The largest absolute Gasteiger partial charge is 0.493 e. The third-order valence-corrected chi connectivity index (χ3v) is 6.29.